The molecule has 1 saturated heterocycles. The number of carbonyl (C=O) groups excluding carboxylic acids is 1. The van der Waals surface area contributed by atoms with Crippen LogP contribution in [0.5, 0.6) is 0 Å². The molecule has 126 valence electrons. The van der Waals surface area contributed by atoms with Crippen LogP contribution in [-0.2, 0) is 6.54 Å². The van der Waals surface area contributed by atoms with Crippen LogP contribution < -0.4 is 10.2 Å². The monoisotopic (exact) mass is 364 g/mol. The Morgan fingerprint density at radius 2 is 1.96 bits per heavy atom. The minimum absolute atomic E-state index is 0.250. The Morgan fingerprint density at radius 3 is 2.67 bits per heavy atom. The number of aromatic nitrogens is 2. The lowest BCUT2D eigenvalue weighted by atomic mass is 10.2. The molecule has 0 aliphatic carbocycles. The highest BCUT2D eigenvalue weighted by atomic mass is 35.5. The third-order valence-corrected chi connectivity index (χ3v) is 4.45. The highest BCUT2D eigenvalue weighted by Gasteiger charge is 2.16. The number of aryl methyl sites for hydroxylation is 1. The molecule has 24 heavy (non-hydrogen) atoms. The zero-order valence-electron chi connectivity index (χ0n) is 13.4. The van der Waals surface area contributed by atoms with Crippen molar-refractivity contribution < 1.29 is 4.79 Å². The Balaban J connectivity index is 1.70. The maximum Gasteiger partial charge on any atom is 0.253 e. The Kier molecular flexibility index (Phi) is 5.21. The minimum Gasteiger partial charge on any atom is -0.357 e. The lowest BCUT2D eigenvalue weighted by molar-refractivity contribution is 0.0950. The van der Waals surface area contributed by atoms with Crippen LogP contribution in [0.4, 0.5) is 5.82 Å². The van der Waals surface area contributed by atoms with E-state index >= 15 is 0 Å². The predicted octanol–water partition coefficient (Wildman–Crippen LogP) is 3.62. The van der Waals surface area contributed by atoms with Gasteiger partial charge >= 0.3 is 0 Å². The molecule has 2 heterocycles. The molecule has 1 N–H and O–H groups in total. The van der Waals surface area contributed by atoms with Gasteiger partial charge in [-0.2, -0.15) is 0 Å². The summed E-state index contributed by atoms with van der Waals surface area (Å²) in [5.74, 6) is 1.24. The van der Waals surface area contributed by atoms with E-state index in [-0.39, 0.29) is 12.5 Å². The maximum absolute atomic E-state index is 12.3. The summed E-state index contributed by atoms with van der Waals surface area (Å²) in [5, 5.41) is 3.63. The summed E-state index contributed by atoms with van der Waals surface area (Å²) < 4.78 is 0. The van der Waals surface area contributed by atoms with Crippen molar-refractivity contribution in [2.75, 3.05) is 18.0 Å². The Labute approximate surface area is 151 Å². The quantitative estimate of drug-likeness (QED) is 0.899. The minimum atomic E-state index is -0.274. The smallest absolute Gasteiger partial charge is 0.253 e. The molecule has 3 rings (SSSR count). The van der Waals surface area contributed by atoms with Gasteiger partial charge in [-0.1, -0.05) is 23.2 Å². The van der Waals surface area contributed by atoms with E-state index in [1.54, 1.807) is 18.2 Å². The molecule has 0 saturated carbocycles. The molecular formula is C17H18Cl2N4O. The highest BCUT2D eigenvalue weighted by molar-refractivity contribution is 6.36. The van der Waals surface area contributed by atoms with Crippen molar-refractivity contribution >= 4 is 34.9 Å². The molecule has 0 spiro atoms. The lowest BCUT2D eigenvalue weighted by Gasteiger charge is -2.17. The summed E-state index contributed by atoms with van der Waals surface area (Å²) in [6, 6.07) is 6.77. The van der Waals surface area contributed by atoms with Crippen molar-refractivity contribution in [2.45, 2.75) is 26.3 Å². The van der Waals surface area contributed by atoms with Crippen molar-refractivity contribution in [2.24, 2.45) is 0 Å². The summed E-state index contributed by atoms with van der Waals surface area (Å²) >= 11 is 11.9. The molecule has 0 radical (unpaired) electrons. The number of hydrogen-bond acceptors (Lipinski definition) is 4. The van der Waals surface area contributed by atoms with E-state index in [1.165, 1.54) is 12.8 Å². The van der Waals surface area contributed by atoms with Crippen LogP contribution in [0.15, 0.2) is 24.3 Å². The molecule has 0 atom stereocenters. The number of rotatable bonds is 4. The molecule has 2 aromatic rings. The third-order valence-electron chi connectivity index (χ3n) is 3.90. The lowest BCUT2D eigenvalue weighted by Crippen LogP contribution is -2.25. The second-order valence-corrected chi connectivity index (χ2v) is 6.63. The fraction of sp³-hybridized carbons (Fsp3) is 0.353. The first-order chi connectivity index (χ1) is 11.5. The van der Waals surface area contributed by atoms with Crippen molar-refractivity contribution in [1.29, 1.82) is 0 Å². The molecule has 1 aliphatic rings. The summed E-state index contributed by atoms with van der Waals surface area (Å²) in [6.45, 7) is 4.22. The molecule has 7 heteroatoms. The van der Waals surface area contributed by atoms with Gasteiger partial charge in [-0.05, 0) is 38.0 Å². The normalized spacial score (nSPS) is 14.0. The van der Waals surface area contributed by atoms with Crippen molar-refractivity contribution in [3.63, 3.8) is 0 Å². The molecule has 1 aliphatic heterocycles. The fourth-order valence-electron chi connectivity index (χ4n) is 2.73. The topological polar surface area (TPSA) is 58.1 Å². The molecule has 1 aromatic heterocycles. The van der Waals surface area contributed by atoms with E-state index in [0.29, 0.717) is 21.4 Å². The molecule has 1 aromatic carbocycles. The maximum atomic E-state index is 12.3. The Bertz CT molecular complexity index is 760. The van der Waals surface area contributed by atoms with Crippen LogP contribution in [0.1, 0.15) is 34.7 Å². The van der Waals surface area contributed by atoms with E-state index in [9.17, 15) is 4.79 Å². The molecule has 0 bridgehead atoms. The second-order valence-electron chi connectivity index (χ2n) is 5.78. The number of amides is 1. The summed E-state index contributed by atoms with van der Waals surface area (Å²) in [7, 11) is 0. The van der Waals surface area contributed by atoms with E-state index < -0.39 is 0 Å². The number of halogens is 2. The van der Waals surface area contributed by atoms with Gasteiger partial charge in [-0.15, -0.1) is 0 Å². The van der Waals surface area contributed by atoms with Crippen molar-refractivity contribution in [3.05, 3.63) is 51.4 Å². The number of hydrogen-bond donors (Lipinski definition) is 1. The molecule has 1 amide bonds. The van der Waals surface area contributed by atoms with Crippen LogP contribution in [0.25, 0.3) is 0 Å². The standard InChI is InChI=1S/C17H18Cl2N4O/c1-11-8-16(23-6-2-3-7-23)22-15(21-11)10-20-17(24)13-5-4-12(18)9-14(13)19/h4-5,8-9H,2-3,6-7,10H2,1H3,(H,20,24). The molecular weight excluding hydrogens is 347 g/mol. The van der Waals surface area contributed by atoms with Gasteiger partial charge in [0.05, 0.1) is 17.1 Å². The number of carbonyl (C=O) groups is 1. The number of nitrogens with one attached hydrogen (secondary N) is 1. The van der Waals surface area contributed by atoms with Gasteiger partial charge < -0.3 is 10.2 Å². The van der Waals surface area contributed by atoms with Gasteiger partial charge in [-0.3, -0.25) is 4.79 Å². The van der Waals surface area contributed by atoms with E-state index in [4.69, 9.17) is 23.2 Å². The Hall–Kier alpha value is -1.85. The van der Waals surface area contributed by atoms with Gasteiger partial charge in [0.15, 0.2) is 0 Å². The SMILES string of the molecule is Cc1cc(N2CCCC2)nc(CNC(=O)c2ccc(Cl)cc2Cl)n1. The summed E-state index contributed by atoms with van der Waals surface area (Å²) in [4.78, 5) is 23.5. The number of anilines is 1. The second kappa shape index (κ2) is 7.36. The first-order valence-corrected chi connectivity index (χ1v) is 8.61. The largest absolute Gasteiger partial charge is 0.357 e. The molecule has 0 unspecified atom stereocenters. The first-order valence-electron chi connectivity index (χ1n) is 7.86. The zero-order chi connectivity index (χ0) is 17.1. The fourth-order valence-corrected chi connectivity index (χ4v) is 3.22. The molecule has 1 fully saturated rings. The average molecular weight is 365 g/mol. The van der Waals surface area contributed by atoms with Crippen LogP contribution in [0.2, 0.25) is 10.0 Å². The predicted molar refractivity (Wildman–Crippen MR) is 95.8 cm³/mol. The molecule has 5 nitrogen and oxygen atoms in total. The van der Waals surface area contributed by atoms with Gasteiger partial charge in [0.2, 0.25) is 0 Å². The van der Waals surface area contributed by atoms with E-state index in [2.05, 4.69) is 20.2 Å². The first kappa shape index (κ1) is 17.0. The van der Waals surface area contributed by atoms with Crippen LogP contribution in [0, 0.1) is 6.92 Å². The van der Waals surface area contributed by atoms with E-state index in [0.717, 1.165) is 24.6 Å². The van der Waals surface area contributed by atoms with E-state index in [1.807, 2.05) is 13.0 Å². The van der Waals surface area contributed by atoms with Crippen LogP contribution >= 0.6 is 23.2 Å². The zero-order valence-corrected chi connectivity index (χ0v) is 14.9. The van der Waals surface area contributed by atoms with Gasteiger partial charge in [-0.25, -0.2) is 9.97 Å². The third kappa shape index (κ3) is 3.97. The van der Waals surface area contributed by atoms with Crippen LogP contribution in [0.3, 0.4) is 0 Å². The average Bonchev–Trinajstić information content (AvgIpc) is 3.06. The van der Waals surface area contributed by atoms with Crippen molar-refractivity contribution in [3.8, 4) is 0 Å². The Morgan fingerprint density at radius 1 is 1.21 bits per heavy atom. The summed E-state index contributed by atoms with van der Waals surface area (Å²) in [5.41, 5.74) is 1.27. The highest BCUT2D eigenvalue weighted by Crippen LogP contribution is 2.21. The van der Waals surface area contributed by atoms with Gasteiger partial charge in [0.25, 0.3) is 5.91 Å². The number of nitrogens with zero attached hydrogens (tertiary/aromatic N) is 3. The van der Waals surface area contributed by atoms with Crippen molar-refractivity contribution in [1.82, 2.24) is 15.3 Å². The van der Waals surface area contributed by atoms with Crippen LogP contribution in [-0.4, -0.2) is 29.0 Å². The number of benzene rings is 1. The summed E-state index contributed by atoms with van der Waals surface area (Å²) in [6.07, 6.45) is 2.37. The van der Waals surface area contributed by atoms with Gasteiger partial charge in [0, 0.05) is 29.9 Å². The van der Waals surface area contributed by atoms with Gasteiger partial charge in [0.1, 0.15) is 11.6 Å².